The van der Waals surface area contributed by atoms with Gasteiger partial charge in [0.05, 0.1) is 12.0 Å². The van der Waals surface area contributed by atoms with Gasteiger partial charge in [0.2, 0.25) is 15.9 Å². The molecule has 1 aromatic rings. The number of nitrogens with zero attached hydrogens (tertiary/aromatic N) is 1. The third-order valence-electron chi connectivity index (χ3n) is 4.96. The molecule has 0 aliphatic carbocycles. The summed E-state index contributed by atoms with van der Waals surface area (Å²) in [6, 6.07) is 6.01. The minimum atomic E-state index is -3.45. The molecule has 1 heterocycles. The van der Waals surface area contributed by atoms with Crippen molar-refractivity contribution < 1.29 is 22.7 Å². The lowest BCUT2D eigenvalue weighted by Crippen LogP contribution is -2.45. The van der Waals surface area contributed by atoms with Gasteiger partial charge in [-0.2, -0.15) is 4.31 Å². The molecule has 1 saturated heterocycles. The van der Waals surface area contributed by atoms with Crippen molar-refractivity contribution in [3.05, 3.63) is 29.8 Å². The predicted molar refractivity (Wildman–Crippen MR) is 106 cm³/mol. The minimum Gasteiger partial charge on any atom is -0.467 e. The summed E-state index contributed by atoms with van der Waals surface area (Å²) in [6.07, 6.45) is 3.53. The van der Waals surface area contributed by atoms with Crippen molar-refractivity contribution in [1.29, 1.82) is 0 Å². The summed E-state index contributed by atoms with van der Waals surface area (Å²) < 4.78 is 31.6. The highest BCUT2D eigenvalue weighted by Crippen LogP contribution is 2.21. The van der Waals surface area contributed by atoms with Crippen LogP contribution in [0.2, 0.25) is 0 Å². The number of piperidine rings is 1. The van der Waals surface area contributed by atoms with Gasteiger partial charge in [-0.1, -0.05) is 32.4 Å². The van der Waals surface area contributed by atoms with Crippen molar-refractivity contribution in [1.82, 2.24) is 9.62 Å². The number of nitrogens with one attached hydrogen (secondary N) is 1. The number of amides is 1. The van der Waals surface area contributed by atoms with Gasteiger partial charge in [-0.05, 0) is 42.9 Å². The van der Waals surface area contributed by atoms with Crippen molar-refractivity contribution in [3.8, 4) is 0 Å². The Bertz CT molecular complexity index is 768. The van der Waals surface area contributed by atoms with E-state index in [0.717, 1.165) is 24.8 Å². The molecule has 156 valence electrons. The number of ether oxygens (including phenoxy) is 1. The predicted octanol–water partition coefficient (Wildman–Crippen LogP) is 2.11. The highest BCUT2D eigenvalue weighted by molar-refractivity contribution is 7.89. The summed E-state index contributed by atoms with van der Waals surface area (Å²) in [5, 5.41) is 2.70. The number of sulfonamides is 1. The molecule has 0 saturated carbocycles. The Balaban J connectivity index is 1.93. The van der Waals surface area contributed by atoms with E-state index in [-0.39, 0.29) is 23.1 Å². The third-order valence-corrected chi connectivity index (χ3v) is 6.87. The summed E-state index contributed by atoms with van der Waals surface area (Å²) in [4.78, 5) is 24.2. The van der Waals surface area contributed by atoms with E-state index in [2.05, 4.69) is 5.32 Å². The second-order valence-corrected chi connectivity index (χ2v) is 9.36. The molecule has 0 bridgehead atoms. The van der Waals surface area contributed by atoms with E-state index >= 15 is 0 Å². The Labute approximate surface area is 167 Å². The van der Waals surface area contributed by atoms with Crippen molar-refractivity contribution in [2.24, 2.45) is 5.92 Å². The van der Waals surface area contributed by atoms with Crippen molar-refractivity contribution >= 4 is 21.9 Å². The molecule has 1 aliphatic rings. The molecule has 1 amide bonds. The summed E-state index contributed by atoms with van der Waals surface area (Å²) in [6.45, 7) is 4.82. The Morgan fingerprint density at radius 3 is 2.25 bits per heavy atom. The summed E-state index contributed by atoms with van der Waals surface area (Å²) in [5.41, 5.74) is 0.868. The molecule has 0 radical (unpaired) electrons. The molecule has 2 rings (SSSR count). The van der Waals surface area contributed by atoms with Crippen LogP contribution in [0.25, 0.3) is 0 Å². The minimum absolute atomic E-state index is 0.0734. The Hall–Kier alpha value is -1.93. The number of hydrogen-bond acceptors (Lipinski definition) is 5. The smallest absolute Gasteiger partial charge is 0.328 e. The molecular formula is C20H30N2O5S. The third kappa shape index (κ3) is 5.78. The monoisotopic (exact) mass is 410 g/mol. The van der Waals surface area contributed by atoms with Crippen LogP contribution in [-0.4, -0.2) is 50.8 Å². The fraction of sp³-hybridized carbons (Fsp3) is 0.600. The lowest BCUT2D eigenvalue weighted by atomic mass is 10.0. The first-order valence-corrected chi connectivity index (χ1v) is 11.2. The van der Waals surface area contributed by atoms with Gasteiger partial charge in [0.1, 0.15) is 6.04 Å². The number of carbonyl (C=O) groups excluding carboxylic acids is 2. The Morgan fingerprint density at radius 1 is 1.11 bits per heavy atom. The highest BCUT2D eigenvalue weighted by atomic mass is 32.2. The largest absolute Gasteiger partial charge is 0.467 e. The Morgan fingerprint density at radius 2 is 1.71 bits per heavy atom. The van der Waals surface area contributed by atoms with Gasteiger partial charge >= 0.3 is 5.97 Å². The molecule has 7 nitrogen and oxygen atoms in total. The van der Waals surface area contributed by atoms with Crippen molar-refractivity contribution in [3.63, 3.8) is 0 Å². The van der Waals surface area contributed by atoms with Crippen LogP contribution in [0, 0.1) is 5.92 Å². The molecule has 28 heavy (non-hydrogen) atoms. The van der Waals surface area contributed by atoms with Crippen LogP contribution >= 0.6 is 0 Å². The molecule has 0 aromatic heterocycles. The normalized spacial score (nSPS) is 16.6. The molecular weight excluding hydrogens is 380 g/mol. The number of esters is 1. The maximum absolute atomic E-state index is 12.7. The summed E-state index contributed by atoms with van der Waals surface area (Å²) in [7, 11) is -2.15. The number of methoxy groups -OCH3 is 1. The van der Waals surface area contributed by atoms with Gasteiger partial charge in [-0.15, -0.1) is 0 Å². The zero-order chi connectivity index (χ0) is 20.7. The van der Waals surface area contributed by atoms with Crippen LogP contribution in [0.1, 0.15) is 45.1 Å². The number of benzene rings is 1. The van der Waals surface area contributed by atoms with Crippen LogP contribution < -0.4 is 5.32 Å². The quantitative estimate of drug-likeness (QED) is 0.663. The first-order valence-electron chi connectivity index (χ1n) is 9.72. The van der Waals surface area contributed by atoms with E-state index in [0.29, 0.717) is 19.5 Å². The maximum Gasteiger partial charge on any atom is 0.328 e. The molecule has 1 N–H and O–H groups in total. The first kappa shape index (κ1) is 22.4. The molecule has 1 atom stereocenters. The highest BCUT2D eigenvalue weighted by Gasteiger charge is 2.26. The number of carbonyl (C=O) groups is 2. The van der Waals surface area contributed by atoms with E-state index in [4.69, 9.17) is 4.74 Å². The molecule has 1 aromatic carbocycles. The average molecular weight is 411 g/mol. The van der Waals surface area contributed by atoms with E-state index in [1.807, 2.05) is 13.8 Å². The fourth-order valence-electron chi connectivity index (χ4n) is 3.21. The number of hydrogen-bond donors (Lipinski definition) is 1. The van der Waals surface area contributed by atoms with Crippen LogP contribution in [0.3, 0.4) is 0 Å². The SMILES string of the molecule is COC(=O)[C@@H](NC(=O)CCc1ccc(S(=O)(=O)N2CCCCC2)cc1)C(C)C. The lowest BCUT2D eigenvalue weighted by molar-refractivity contribution is -0.146. The Kier molecular flexibility index (Phi) is 8.00. The first-order chi connectivity index (χ1) is 13.3. The van der Waals surface area contributed by atoms with Crippen molar-refractivity contribution in [2.45, 2.75) is 56.9 Å². The molecule has 0 unspecified atom stereocenters. The second-order valence-electron chi connectivity index (χ2n) is 7.42. The fourth-order valence-corrected chi connectivity index (χ4v) is 4.73. The van der Waals surface area contributed by atoms with Gasteiger partial charge < -0.3 is 10.1 Å². The van der Waals surface area contributed by atoms with Gasteiger partial charge in [0, 0.05) is 19.5 Å². The van der Waals surface area contributed by atoms with Gasteiger partial charge in [-0.3, -0.25) is 4.79 Å². The molecule has 1 aliphatic heterocycles. The van der Waals surface area contributed by atoms with E-state index in [1.54, 1.807) is 24.3 Å². The number of rotatable bonds is 8. The van der Waals surface area contributed by atoms with E-state index in [1.165, 1.54) is 11.4 Å². The molecule has 0 spiro atoms. The van der Waals surface area contributed by atoms with Crippen LogP contribution in [0.15, 0.2) is 29.2 Å². The van der Waals surface area contributed by atoms with Crippen LogP contribution in [0.5, 0.6) is 0 Å². The molecule has 1 fully saturated rings. The van der Waals surface area contributed by atoms with Gasteiger partial charge in [0.25, 0.3) is 0 Å². The average Bonchev–Trinajstić information content (AvgIpc) is 2.70. The van der Waals surface area contributed by atoms with E-state index in [9.17, 15) is 18.0 Å². The van der Waals surface area contributed by atoms with Gasteiger partial charge in [-0.25, -0.2) is 13.2 Å². The molecule has 8 heteroatoms. The zero-order valence-electron chi connectivity index (χ0n) is 16.8. The number of aryl methyl sites for hydroxylation is 1. The zero-order valence-corrected chi connectivity index (χ0v) is 17.6. The van der Waals surface area contributed by atoms with Crippen LogP contribution in [-0.2, 0) is 30.8 Å². The topological polar surface area (TPSA) is 92.8 Å². The summed E-state index contributed by atoms with van der Waals surface area (Å²) in [5.74, 6) is -0.777. The van der Waals surface area contributed by atoms with Crippen molar-refractivity contribution in [2.75, 3.05) is 20.2 Å². The lowest BCUT2D eigenvalue weighted by Gasteiger charge is -2.25. The standard InChI is InChI=1S/C20H30N2O5S/c1-15(2)19(20(24)27-3)21-18(23)12-9-16-7-10-17(11-8-16)28(25,26)22-13-5-4-6-14-22/h7-8,10-11,15,19H,4-6,9,12-14H2,1-3H3,(H,21,23)/t19-/m0/s1. The second kappa shape index (κ2) is 10.0. The van der Waals surface area contributed by atoms with E-state index < -0.39 is 22.0 Å². The summed E-state index contributed by atoms with van der Waals surface area (Å²) >= 11 is 0. The maximum atomic E-state index is 12.7. The van der Waals surface area contributed by atoms with Gasteiger partial charge in [0.15, 0.2) is 0 Å². The van der Waals surface area contributed by atoms with Crippen LogP contribution in [0.4, 0.5) is 0 Å².